The number of rotatable bonds is 6. The van der Waals surface area contributed by atoms with Gasteiger partial charge in [0.25, 0.3) is 5.84 Å². The standard InChI is InChI=1S/C34H26BF2N3O2/c1-41-30-19-11-9-17-25(30)29-21-28(24-15-7-4-8-16-24)34-38-32-22-27(23-13-5-3-6-14-23)33(40(32)35(36,37)39(29)34)26-18-10-12-20-31(26)42-2/h3-22H,1-2H3. The third-order valence-corrected chi connectivity index (χ3v) is 7.78. The topological polar surface area (TPSA) is 38.8 Å². The first-order valence-corrected chi connectivity index (χ1v) is 13.6. The SMILES string of the molecule is COc1ccccc1C1=[N+]2C(=Nc3c(-c4ccccc4)cc(-c4ccccc4OC)n3[B-]2(F)F)C=C1c1ccccc1. The maximum atomic E-state index is 17.5. The smallest absolute Gasteiger partial charge is 0.496 e. The minimum Gasteiger partial charge on any atom is -0.496 e. The van der Waals surface area contributed by atoms with Gasteiger partial charge in [0.2, 0.25) is 5.82 Å². The molecule has 0 fully saturated rings. The fourth-order valence-corrected chi connectivity index (χ4v) is 5.93. The molecule has 1 aromatic heterocycles. The highest BCUT2D eigenvalue weighted by molar-refractivity contribution is 6.63. The van der Waals surface area contributed by atoms with Crippen molar-refractivity contribution in [2.75, 3.05) is 14.2 Å². The average molecular weight is 557 g/mol. The van der Waals surface area contributed by atoms with Gasteiger partial charge in [-0.05, 0) is 46.5 Å². The molecule has 2 aliphatic heterocycles. The zero-order valence-corrected chi connectivity index (χ0v) is 23.0. The third-order valence-electron chi connectivity index (χ3n) is 7.78. The van der Waals surface area contributed by atoms with Gasteiger partial charge in [-0.3, -0.25) is 0 Å². The van der Waals surface area contributed by atoms with Crippen LogP contribution in [0.1, 0.15) is 11.1 Å². The van der Waals surface area contributed by atoms with E-state index in [9.17, 15) is 0 Å². The number of para-hydroxylation sites is 2. The summed E-state index contributed by atoms with van der Waals surface area (Å²) in [7, 11) is 3.09. The summed E-state index contributed by atoms with van der Waals surface area (Å²) in [4.78, 5) is 4.95. The quantitative estimate of drug-likeness (QED) is 0.201. The molecular weight excluding hydrogens is 531 g/mol. The highest BCUT2D eigenvalue weighted by atomic mass is 19.2. The molecule has 0 N–H and O–H groups in total. The van der Waals surface area contributed by atoms with Crippen LogP contribution in [-0.4, -0.2) is 41.7 Å². The minimum atomic E-state index is -4.46. The number of aromatic nitrogens is 1. The Labute approximate surface area is 242 Å². The summed E-state index contributed by atoms with van der Waals surface area (Å²) in [6, 6.07) is 35.3. The Hall–Kier alpha value is -5.24. The minimum absolute atomic E-state index is 0.175. The number of benzene rings is 4. The summed E-state index contributed by atoms with van der Waals surface area (Å²) < 4.78 is 48.4. The summed E-state index contributed by atoms with van der Waals surface area (Å²) in [6.45, 7) is -4.46. The number of methoxy groups -OCH3 is 2. The maximum Gasteiger partial charge on any atom is 0.642 e. The highest BCUT2D eigenvalue weighted by Crippen LogP contribution is 2.47. The first-order chi connectivity index (χ1) is 20.5. The van der Waals surface area contributed by atoms with Crippen LogP contribution in [0.25, 0.3) is 28.0 Å². The second-order valence-electron chi connectivity index (χ2n) is 10.1. The number of fused-ring (bicyclic) bond motifs is 2. The molecule has 4 aromatic carbocycles. The predicted octanol–water partition coefficient (Wildman–Crippen LogP) is 7.70. The fourth-order valence-electron chi connectivity index (χ4n) is 5.93. The number of amidine groups is 1. The molecule has 5 aromatic rings. The largest absolute Gasteiger partial charge is 0.642 e. The van der Waals surface area contributed by atoms with Gasteiger partial charge in [0, 0.05) is 28.5 Å². The lowest BCUT2D eigenvalue weighted by Crippen LogP contribution is -2.52. The van der Waals surface area contributed by atoms with Gasteiger partial charge in [-0.2, -0.15) is 0 Å². The highest BCUT2D eigenvalue weighted by Gasteiger charge is 2.53. The van der Waals surface area contributed by atoms with E-state index in [0.29, 0.717) is 45.2 Å². The molecule has 0 radical (unpaired) electrons. The van der Waals surface area contributed by atoms with E-state index in [2.05, 4.69) is 0 Å². The van der Waals surface area contributed by atoms with Gasteiger partial charge in [0.1, 0.15) is 17.2 Å². The van der Waals surface area contributed by atoms with E-state index in [1.54, 1.807) is 44.6 Å². The van der Waals surface area contributed by atoms with Crippen LogP contribution in [0.5, 0.6) is 11.5 Å². The molecule has 5 nitrogen and oxygen atoms in total. The van der Waals surface area contributed by atoms with Crippen molar-refractivity contribution in [3.05, 3.63) is 132 Å². The first-order valence-electron chi connectivity index (χ1n) is 13.6. The van der Waals surface area contributed by atoms with Gasteiger partial charge < -0.3 is 27.1 Å². The van der Waals surface area contributed by atoms with Crippen molar-refractivity contribution < 1.29 is 22.6 Å². The van der Waals surface area contributed by atoms with E-state index in [0.717, 1.165) is 20.1 Å². The number of ether oxygens (including phenoxy) is 2. The predicted molar refractivity (Wildman–Crippen MR) is 164 cm³/mol. The molecule has 8 heteroatoms. The summed E-state index contributed by atoms with van der Waals surface area (Å²) in [5, 5.41) is 0. The Morgan fingerprint density at radius 2 is 1.21 bits per heavy atom. The molecule has 0 saturated heterocycles. The van der Waals surface area contributed by atoms with Gasteiger partial charge in [0.15, 0.2) is 0 Å². The van der Waals surface area contributed by atoms with Crippen molar-refractivity contribution in [2.45, 2.75) is 0 Å². The molecule has 3 heterocycles. The number of hydrogen-bond donors (Lipinski definition) is 0. The number of allylic oxidation sites excluding steroid dienone is 1. The molecule has 2 aliphatic rings. The zero-order valence-electron chi connectivity index (χ0n) is 23.0. The van der Waals surface area contributed by atoms with Crippen LogP contribution in [0, 0.1) is 0 Å². The molecule has 0 atom stereocenters. The number of aliphatic imine (C=N–C) groups is 1. The van der Waals surface area contributed by atoms with Crippen LogP contribution in [0.3, 0.4) is 0 Å². The molecular formula is C34H26BF2N3O2. The van der Waals surface area contributed by atoms with Gasteiger partial charge in [-0.25, -0.2) is 0 Å². The van der Waals surface area contributed by atoms with Crippen molar-refractivity contribution in [3.8, 4) is 33.9 Å². The van der Waals surface area contributed by atoms with Crippen LogP contribution >= 0.6 is 0 Å². The number of hydrogen-bond acceptors (Lipinski definition) is 3. The van der Waals surface area contributed by atoms with E-state index in [4.69, 9.17) is 14.5 Å². The van der Waals surface area contributed by atoms with Crippen LogP contribution in [0.2, 0.25) is 0 Å². The number of nitrogens with zero attached hydrogens (tertiary/aromatic N) is 3. The molecule has 0 bridgehead atoms. The van der Waals surface area contributed by atoms with E-state index in [1.807, 2.05) is 91.0 Å². The number of halogens is 2. The van der Waals surface area contributed by atoms with Crippen molar-refractivity contribution >= 4 is 29.9 Å². The zero-order chi connectivity index (χ0) is 28.8. The van der Waals surface area contributed by atoms with Crippen molar-refractivity contribution in [1.82, 2.24) is 4.48 Å². The second-order valence-corrected chi connectivity index (χ2v) is 10.1. The summed E-state index contributed by atoms with van der Waals surface area (Å²) in [6.07, 6.45) is 1.75. The van der Waals surface area contributed by atoms with Gasteiger partial charge in [-0.1, -0.05) is 84.9 Å². The van der Waals surface area contributed by atoms with Crippen LogP contribution in [0.4, 0.5) is 14.4 Å². The normalized spacial score (nSPS) is 15.0. The molecule has 0 unspecified atom stereocenters. The van der Waals surface area contributed by atoms with Crippen LogP contribution in [-0.2, 0) is 0 Å². The Morgan fingerprint density at radius 3 is 1.86 bits per heavy atom. The summed E-state index contributed by atoms with van der Waals surface area (Å²) >= 11 is 0. The van der Waals surface area contributed by atoms with Gasteiger partial charge >= 0.3 is 6.97 Å². The van der Waals surface area contributed by atoms with Crippen LogP contribution in [0.15, 0.2) is 126 Å². The third kappa shape index (κ3) is 3.90. The van der Waals surface area contributed by atoms with Crippen molar-refractivity contribution in [3.63, 3.8) is 0 Å². The second kappa shape index (κ2) is 9.99. The molecule has 0 spiro atoms. The summed E-state index contributed by atoms with van der Waals surface area (Å²) in [5.41, 5.74) is 4.64. The molecule has 206 valence electrons. The van der Waals surface area contributed by atoms with Crippen LogP contribution < -0.4 is 9.47 Å². The maximum absolute atomic E-state index is 17.5. The molecule has 0 saturated carbocycles. The monoisotopic (exact) mass is 557 g/mol. The fraction of sp³-hybridized carbons (Fsp3) is 0.0588. The van der Waals surface area contributed by atoms with E-state index < -0.39 is 6.97 Å². The Morgan fingerprint density at radius 1 is 0.667 bits per heavy atom. The lowest BCUT2D eigenvalue weighted by atomic mass is 9.90. The lowest BCUT2D eigenvalue weighted by molar-refractivity contribution is -0.291. The van der Waals surface area contributed by atoms with E-state index in [1.165, 1.54) is 0 Å². The van der Waals surface area contributed by atoms with Gasteiger partial charge in [-0.15, -0.1) is 0 Å². The summed E-state index contributed by atoms with van der Waals surface area (Å²) in [5.74, 6) is 1.37. The Balaban J connectivity index is 1.58. The molecule has 0 amide bonds. The molecule has 42 heavy (non-hydrogen) atoms. The molecule has 0 aliphatic carbocycles. The Kier molecular flexibility index (Phi) is 6.12. The Bertz CT molecular complexity index is 1930. The van der Waals surface area contributed by atoms with Crippen molar-refractivity contribution in [2.24, 2.45) is 4.99 Å². The van der Waals surface area contributed by atoms with Crippen molar-refractivity contribution in [1.29, 1.82) is 0 Å². The van der Waals surface area contributed by atoms with Gasteiger partial charge in [0.05, 0.1) is 19.8 Å². The van der Waals surface area contributed by atoms with E-state index in [-0.39, 0.29) is 11.7 Å². The first kappa shape index (κ1) is 25.7. The lowest BCUT2D eigenvalue weighted by Gasteiger charge is -2.32. The molecule has 7 rings (SSSR count). The average Bonchev–Trinajstić information content (AvgIpc) is 3.62. The van der Waals surface area contributed by atoms with E-state index >= 15 is 8.63 Å².